The molecule has 142 valence electrons. The first-order valence-electron chi connectivity index (χ1n) is 9.81. The lowest BCUT2D eigenvalue weighted by Crippen LogP contribution is -2.45. The molecule has 0 saturated carbocycles. The van der Waals surface area contributed by atoms with Crippen molar-refractivity contribution in [3.63, 3.8) is 0 Å². The van der Waals surface area contributed by atoms with Crippen LogP contribution in [0.15, 0.2) is 48.8 Å². The first-order valence-corrected chi connectivity index (χ1v) is 9.81. The van der Waals surface area contributed by atoms with Crippen molar-refractivity contribution < 1.29 is 9.18 Å². The molecular weight excluding hydrogens is 341 g/mol. The fourth-order valence-corrected chi connectivity index (χ4v) is 4.56. The minimum atomic E-state index is -0.234. The Morgan fingerprint density at radius 3 is 2.44 bits per heavy atom. The van der Waals surface area contributed by atoms with Crippen LogP contribution in [0.1, 0.15) is 43.2 Å². The lowest BCUT2D eigenvalue weighted by molar-refractivity contribution is -0.132. The minimum absolute atomic E-state index is 0.0432. The van der Waals surface area contributed by atoms with E-state index in [0.29, 0.717) is 13.0 Å². The van der Waals surface area contributed by atoms with E-state index >= 15 is 0 Å². The summed E-state index contributed by atoms with van der Waals surface area (Å²) in [5.74, 6) is 0.00402. The zero-order chi connectivity index (χ0) is 18.7. The average Bonchev–Trinajstić information content (AvgIpc) is 2.85. The van der Waals surface area contributed by atoms with Gasteiger partial charge in [0, 0.05) is 44.0 Å². The van der Waals surface area contributed by atoms with E-state index in [1.807, 2.05) is 12.4 Å². The molecule has 2 saturated heterocycles. The maximum absolute atomic E-state index is 13.2. The van der Waals surface area contributed by atoms with E-state index in [4.69, 9.17) is 0 Å². The first-order chi connectivity index (χ1) is 13.1. The molecule has 1 atom stereocenters. The number of aromatic nitrogens is 1. The molecule has 1 spiro atoms. The fraction of sp³-hybridized carbons (Fsp3) is 0.455. The number of likely N-dealkylation sites (tertiary alicyclic amines) is 2. The SMILES string of the molecule is O=C1CC[C@@]2(CCCN(Cc3ccncc3)CC2)N1Cc1ccc(F)cc1. The topological polar surface area (TPSA) is 36.4 Å². The molecule has 27 heavy (non-hydrogen) atoms. The van der Waals surface area contributed by atoms with Crippen molar-refractivity contribution in [3.05, 3.63) is 65.7 Å². The number of nitrogens with zero attached hydrogens (tertiary/aromatic N) is 3. The maximum Gasteiger partial charge on any atom is 0.223 e. The molecule has 0 radical (unpaired) electrons. The van der Waals surface area contributed by atoms with Crippen LogP contribution in [-0.2, 0) is 17.9 Å². The third-order valence-corrected chi connectivity index (χ3v) is 6.10. The number of benzene rings is 1. The molecule has 0 bridgehead atoms. The quantitative estimate of drug-likeness (QED) is 0.825. The van der Waals surface area contributed by atoms with Gasteiger partial charge in [-0.25, -0.2) is 4.39 Å². The van der Waals surface area contributed by atoms with E-state index in [1.165, 1.54) is 17.7 Å². The van der Waals surface area contributed by atoms with Crippen LogP contribution in [0.4, 0.5) is 4.39 Å². The summed E-state index contributed by atoms with van der Waals surface area (Å²) in [6.45, 7) is 3.58. The van der Waals surface area contributed by atoms with Gasteiger partial charge in [-0.3, -0.25) is 14.7 Å². The lowest BCUT2D eigenvalue weighted by Gasteiger charge is -2.38. The van der Waals surface area contributed by atoms with Crippen molar-refractivity contribution in [2.45, 2.75) is 50.7 Å². The minimum Gasteiger partial charge on any atom is -0.333 e. The summed E-state index contributed by atoms with van der Waals surface area (Å²) in [5.41, 5.74) is 2.24. The largest absolute Gasteiger partial charge is 0.333 e. The predicted molar refractivity (Wildman–Crippen MR) is 102 cm³/mol. The third kappa shape index (κ3) is 4.03. The Morgan fingerprint density at radius 1 is 0.926 bits per heavy atom. The average molecular weight is 367 g/mol. The first kappa shape index (κ1) is 18.1. The number of halogens is 1. The molecule has 3 heterocycles. The zero-order valence-corrected chi connectivity index (χ0v) is 15.6. The molecule has 0 unspecified atom stereocenters. The van der Waals surface area contributed by atoms with Crippen molar-refractivity contribution >= 4 is 5.91 Å². The number of carbonyl (C=O) groups excluding carboxylic acids is 1. The Hall–Kier alpha value is -2.27. The van der Waals surface area contributed by atoms with E-state index in [0.717, 1.165) is 50.9 Å². The fourth-order valence-electron chi connectivity index (χ4n) is 4.56. The van der Waals surface area contributed by atoms with Crippen molar-refractivity contribution in [2.75, 3.05) is 13.1 Å². The zero-order valence-electron chi connectivity index (χ0n) is 15.6. The summed E-state index contributed by atoms with van der Waals surface area (Å²) >= 11 is 0. The Kier molecular flexibility index (Phi) is 5.21. The monoisotopic (exact) mass is 367 g/mol. The van der Waals surface area contributed by atoms with Gasteiger partial charge < -0.3 is 4.90 Å². The molecule has 2 aliphatic rings. The van der Waals surface area contributed by atoms with Gasteiger partial charge in [0.15, 0.2) is 0 Å². The predicted octanol–water partition coefficient (Wildman–Crippen LogP) is 3.77. The lowest BCUT2D eigenvalue weighted by atomic mass is 9.87. The van der Waals surface area contributed by atoms with Gasteiger partial charge in [0.1, 0.15) is 5.82 Å². The number of hydrogen-bond acceptors (Lipinski definition) is 3. The molecule has 2 aromatic rings. The van der Waals surface area contributed by atoms with E-state index in [2.05, 4.69) is 26.9 Å². The molecule has 0 N–H and O–H groups in total. The maximum atomic E-state index is 13.2. The van der Waals surface area contributed by atoms with Crippen LogP contribution in [0.5, 0.6) is 0 Å². The summed E-state index contributed by atoms with van der Waals surface area (Å²) < 4.78 is 13.2. The highest BCUT2D eigenvalue weighted by Gasteiger charge is 2.45. The van der Waals surface area contributed by atoms with Gasteiger partial charge in [-0.1, -0.05) is 12.1 Å². The Morgan fingerprint density at radius 2 is 1.67 bits per heavy atom. The molecular formula is C22H26FN3O. The third-order valence-electron chi connectivity index (χ3n) is 6.10. The van der Waals surface area contributed by atoms with Gasteiger partial charge in [0.25, 0.3) is 0 Å². The smallest absolute Gasteiger partial charge is 0.223 e. The molecule has 1 aromatic carbocycles. The molecule has 4 rings (SSSR count). The molecule has 4 nitrogen and oxygen atoms in total. The highest BCUT2D eigenvalue weighted by molar-refractivity contribution is 5.79. The van der Waals surface area contributed by atoms with Gasteiger partial charge in [0.2, 0.25) is 5.91 Å². The van der Waals surface area contributed by atoms with Gasteiger partial charge in [-0.15, -0.1) is 0 Å². The van der Waals surface area contributed by atoms with Gasteiger partial charge in [0.05, 0.1) is 0 Å². The van der Waals surface area contributed by atoms with Crippen LogP contribution in [0.3, 0.4) is 0 Å². The highest BCUT2D eigenvalue weighted by atomic mass is 19.1. The van der Waals surface area contributed by atoms with Gasteiger partial charge >= 0.3 is 0 Å². The molecule has 2 fully saturated rings. The van der Waals surface area contributed by atoms with Crippen molar-refractivity contribution in [3.8, 4) is 0 Å². The van der Waals surface area contributed by atoms with Crippen LogP contribution in [0, 0.1) is 5.82 Å². The van der Waals surface area contributed by atoms with Crippen LogP contribution < -0.4 is 0 Å². The van der Waals surface area contributed by atoms with Crippen LogP contribution in [-0.4, -0.2) is 39.3 Å². The molecule has 5 heteroatoms. The standard InChI is InChI=1S/C22H26FN3O/c23-20-4-2-18(3-5-20)17-26-21(27)6-10-22(26)9-1-14-25(15-11-22)16-19-7-12-24-13-8-19/h2-5,7-8,12-13H,1,6,9-11,14-17H2/t22-/m1/s1. The van der Waals surface area contributed by atoms with Crippen molar-refractivity contribution in [2.24, 2.45) is 0 Å². The van der Waals surface area contributed by atoms with Crippen molar-refractivity contribution in [1.29, 1.82) is 0 Å². The van der Waals surface area contributed by atoms with Gasteiger partial charge in [-0.05, 0) is 67.6 Å². The van der Waals surface area contributed by atoms with Gasteiger partial charge in [-0.2, -0.15) is 0 Å². The number of rotatable bonds is 4. The number of hydrogen-bond donors (Lipinski definition) is 0. The van der Waals surface area contributed by atoms with E-state index in [1.54, 1.807) is 12.1 Å². The normalized spacial score (nSPS) is 23.7. The summed E-state index contributed by atoms with van der Waals surface area (Å²) in [7, 11) is 0. The van der Waals surface area contributed by atoms with E-state index < -0.39 is 0 Å². The Bertz CT molecular complexity index is 780. The summed E-state index contributed by atoms with van der Waals surface area (Å²) in [4.78, 5) is 21.3. The highest BCUT2D eigenvalue weighted by Crippen LogP contribution is 2.40. The van der Waals surface area contributed by atoms with Crippen LogP contribution >= 0.6 is 0 Å². The van der Waals surface area contributed by atoms with E-state index in [-0.39, 0.29) is 17.3 Å². The summed E-state index contributed by atoms with van der Waals surface area (Å²) in [6.07, 6.45) is 8.40. The summed E-state index contributed by atoms with van der Waals surface area (Å²) in [6, 6.07) is 10.7. The van der Waals surface area contributed by atoms with E-state index in [9.17, 15) is 9.18 Å². The van der Waals surface area contributed by atoms with Crippen molar-refractivity contribution in [1.82, 2.24) is 14.8 Å². The Balaban J connectivity index is 1.46. The number of carbonyl (C=O) groups is 1. The molecule has 2 aliphatic heterocycles. The molecule has 1 aromatic heterocycles. The van der Waals surface area contributed by atoms with Crippen LogP contribution in [0.25, 0.3) is 0 Å². The summed E-state index contributed by atoms with van der Waals surface area (Å²) in [5, 5.41) is 0. The molecule has 0 aliphatic carbocycles. The number of amides is 1. The van der Waals surface area contributed by atoms with Crippen LogP contribution in [0.2, 0.25) is 0 Å². The Labute approximate surface area is 160 Å². The second-order valence-electron chi connectivity index (χ2n) is 7.82. The second-order valence-corrected chi connectivity index (χ2v) is 7.82. The number of pyridine rings is 1. The second kappa shape index (κ2) is 7.77. The molecule has 1 amide bonds.